The second-order valence-corrected chi connectivity index (χ2v) is 6.42. The maximum absolute atomic E-state index is 12.9. The van der Waals surface area contributed by atoms with Crippen LogP contribution in [0.3, 0.4) is 0 Å². The summed E-state index contributed by atoms with van der Waals surface area (Å²) in [7, 11) is 1.69. The van der Waals surface area contributed by atoms with Crippen LogP contribution < -0.4 is 10.6 Å². The van der Waals surface area contributed by atoms with E-state index in [9.17, 15) is 9.18 Å². The third kappa shape index (κ3) is 7.47. The van der Waals surface area contributed by atoms with Gasteiger partial charge in [-0.25, -0.2) is 4.39 Å². The highest BCUT2D eigenvalue weighted by molar-refractivity contribution is 14.0. The standard InChI is InChI=1S/C19H29FN4O.HI/c1-3-22-19(23-11-8-15-4-6-17(20)7-5-15)24-12-9-16(10-13-24)14-18(25)21-2;/h4-7,16H,3,8-14H2,1-2H3,(H,21,25)(H,22,23);1H. The minimum absolute atomic E-state index is 0. The molecule has 0 aromatic heterocycles. The number of nitrogens with one attached hydrogen (secondary N) is 2. The summed E-state index contributed by atoms with van der Waals surface area (Å²) < 4.78 is 12.9. The second-order valence-electron chi connectivity index (χ2n) is 6.42. The number of hydrogen-bond donors (Lipinski definition) is 2. The van der Waals surface area contributed by atoms with E-state index >= 15 is 0 Å². The molecule has 0 unspecified atom stereocenters. The van der Waals surface area contributed by atoms with Crippen molar-refractivity contribution in [3.8, 4) is 0 Å². The molecule has 1 saturated heterocycles. The lowest BCUT2D eigenvalue weighted by molar-refractivity contribution is -0.121. The predicted octanol–water partition coefficient (Wildman–Crippen LogP) is 2.80. The predicted molar refractivity (Wildman–Crippen MR) is 114 cm³/mol. The van der Waals surface area contributed by atoms with Crippen molar-refractivity contribution in [1.29, 1.82) is 0 Å². The van der Waals surface area contributed by atoms with Crippen LogP contribution in [0.5, 0.6) is 0 Å². The number of carbonyl (C=O) groups is 1. The quantitative estimate of drug-likeness (QED) is 0.377. The Morgan fingerprint density at radius 3 is 2.50 bits per heavy atom. The molecule has 0 radical (unpaired) electrons. The fraction of sp³-hybridized carbons (Fsp3) is 0.579. The van der Waals surface area contributed by atoms with Gasteiger partial charge in [0.15, 0.2) is 5.96 Å². The third-order valence-corrected chi connectivity index (χ3v) is 4.58. The van der Waals surface area contributed by atoms with E-state index in [1.165, 1.54) is 12.1 Å². The molecule has 7 heteroatoms. The summed E-state index contributed by atoms with van der Waals surface area (Å²) >= 11 is 0. The highest BCUT2D eigenvalue weighted by Gasteiger charge is 2.22. The number of amides is 1. The minimum atomic E-state index is -0.208. The molecule has 1 amide bonds. The van der Waals surface area contributed by atoms with Crippen molar-refractivity contribution >= 4 is 35.8 Å². The number of likely N-dealkylation sites (tertiary alicyclic amines) is 1. The van der Waals surface area contributed by atoms with E-state index in [0.29, 0.717) is 18.9 Å². The number of carbonyl (C=O) groups excluding carboxylic acids is 1. The zero-order valence-corrected chi connectivity index (χ0v) is 18.0. The Bertz CT molecular complexity index is 571. The highest BCUT2D eigenvalue weighted by atomic mass is 127. The molecule has 2 N–H and O–H groups in total. The van der Waals surface area contributed by atoms with E-state index in [0.717, 1.165) is 50.4 Å². The van der Waals surface area contributed by atoms with Gasteiger partial charge in [0.25, 0.3) is 0 Å². The van der Waals surface area contributed by atoms with Gasteiger partial charge in [-0.05, 0) is 49.8 Å². The highest BCUT2D eigenvalue weighted by Crippen LogP contribution is 2.20. The van der Waals surface area contributed by atoms with Crippen LogP contribution in [-0.2, 0) is 11.2 Å². The summed E-state index contributed by atoms with van der Waals surface area (Å²) in [6.45, 7) is 5.40. The number of guanidine groups is 1. The van der Waals surface area contributed by atoms with E-state index in [-0.39, 0.29) is 35.7 Å². The molecule has 5 nitrogen and oxygen atoms in total. The summed E-state index contributed by atoms with van der Waals surface area (Å²) in [5, 5.41) is 6.05. The number of benzene rings is 1. The number of piperidine rings is 1. The van der Waals surface area contributed by atoms with Gasteiger partial charge in [-0.2, -0.15) is 0 Å². The van der Waals surface area contributed by atoms with Crippen molar-refractivity contribution in [1.82, 2.24) is 15.5 Å². The number of nitrogens with zero attached hydrogens (tertiary/aromatic N) is 2. The number of halogens is 2. The van der Waals surface area contributed by atoms with Crippen LogP contribution in [0.2, 0.25) is 0 Å². The number of rotatable bonds is 6. The largest absolute Gasteiger partial charge is 0.359 e. The van der Waals surface area contributed by atoms with E-state index in [4.69, 9.17) is 4.99 Å². The molecule has 0 bridgehead atoms. The lowest BCUT2D eigenvalue weighted by atomic mass is 9.93. The van der Waals surface area contributed by atoms with E-state index in [2.05, 4.69) is 22.5 Å². The van der Waals surface area contributed by atoms with Crippen molar-refractivity contribution in [3.05, 3.63) is 35.6 Å². The average molecular weight is 476 g/mol. The molecule has 0 saturated carbocycles. The first kappa shape index (κ1) is 22.7. The van der Waals surface area contributed by atoms with Crippen LogP contribution in [0.25, 0.3) is 0 Å². The van der Waals surface area contributed by atoms with Gasteiger partial charge in [-0.1, -0.05) is 12.1 Å². The van der Waals surface area contributed by atoms with E-state index in [1.807, 2.05) is 12.1 Å². The van der Waals surface area contributed by atoms with Crippen molar-refractivity contribution in [2.24, 2.45) is 10.9 Å². The first-order valence-corrected chi connectivity index (χ1v) is 9.10. The van der Waals surface area contributed by atoms with E-state index < -0.39 is 0 Å². The van der Waals surface area contributed by atoms with Gasteiger partial charge in [-0.3, -0.25) is 9.79 Å². The normalized spacial score (nSPS) is 15.3. The maximum atomic E-state index is 12.9. The lowest BCUT2D eigenvalue weighted by Crippen LogP contribution is -2.46. The van der Waals surface area contributed by atoms with Crippen LogP contribution in [0.15, 0.2) is 29.3 Å². The molecule has 1 fully saturated rings. The molecule has 1 aliphatic rings. The second kappa shape index (κ2) is 12.1. The number of aliphatic imine (C=N–C) groups is 1. The van der Waals surface area contributed by atoms with Crippen LogP contribution in [0, 0.1) is 11.7 Å². The van der Waals surface area contributed by atoms with Gasteiger partial charge in [0.05, 0.1) is 0 Å². The average Bonchev–Trinajstić information content (AvgIpc) is 2.63. The van der Waals surface area contributed by atoms with Crippen LogP contribution in [0.1, 0.15) is 31.7 Å². The Morgan fingerprint density at radius 1 is 1.27 bits per heavy atom. The Hall–Kier alpha value is -1.38. The summed E-state index contributed by atoms with van der Waals surface area (Å²) in [5.74, 6) is 1.31. The zero-order chi connectivity index (χ0) is 18.1. The Morgan fingerprint density at radius 2 is 1.92 bits per heavy atom. The fourth-order valence-corrected chi connectivity index (χ4v) is 3.08. The fourth-order valence-electron chi connectivity index (χ4n) is 3.08. The summed E-state index contributed by atoms with van der Waals surface area (Å²) in [5.41, 5.74) is 1.09. The van der Waals surface area contributed by atoms with E-state index in [1.54, 1.807) is 7.05 Å². The van der Waals surface area contributed by atoms with Gasteiger partial charge < -0.3 is 15.5 Å². The smallest absolute Gasteiger partial charge is 0.220 e. The first-order valence-electron chi connectivity index (χ1n) is 9.10. The summed E-state index contributed by atoms with van der Waals surface area (Å²) in [6, 6.07) is 6.59. The Balaban J connectivity index is 0.00000338. The monoisotopic (exact) mass is 476 g/mol. The molecule has 1 aliphatic heterocycles. The van der Waals surface area contributed by atoms with Gasteiger partial charge in [-0.15, -0.1) is 24.0 Å². The van der Waals surface area contributed by atoms with Crippen LogP contribution >= 0.6 is 24.0 Å². The van der Waals surface area contributed by atoms with Gasteiger partial charge >= 0.3 is 0 Å². The molecule has 1 heterocycles. The molecule has 0 aliphatic carbocycles. The molecule has 0 spiro atoms. The van der Waals surface area contributed by atoms with Gasteiger partial charge in [0, 0.05) is 39.6 Å². The van der Waals surface area contributed by atoms with Crippen LogP contribution in [-0.4, -0.2) is 50.0 Å². The van der Waals surface area contributed by atoms with Crippen molar-refractivity contribution in [2.75, 3.05) is 33.2 Å². The Labute approximate surface area is 172 Å². The van der Waals surface area contributed by atoms with Crippen LogP contribution in [0.4, 0.5) is 4.39 Å². The molecular formula is C19H30FIN4O. The van der Waals surface area contributed by atoms with Gasteiger partial charge in [0.1, 0.15) is 5.82 Å². The molecule has 146 valence electrons. The molecule has 1 aromatic rings. The summed E-state index contributed by atoms with van der Waals surface area (Å²) in [6.07, 6.45) is 3.43. The SMILES string of the molecule is CCNC(=NCCc1ccc(F)cc1)N1CCC(CC(=O)NC)CC1.I. The lowest BCUT2D eigenvalue weighted by Gasteiger charge is -2.34. The van der Waals surface area contributed by atoms with Crippen molar-refractivity contribution in [2.45, 2.75) is 32.6 Å². The number of hydrogen-bond acceptors (Lipinski definition) is 2. The Kier molecular flexibility index (Phi) is 10.5. The molecule has 1 aromatic carbocycles. The molecular weight excluding hydrogens is 446 g/mol. The summed E-state index contributed by atoms with van der Waals surface area (Å²) in [4.78, 5) is 18.5. The minimum Gasteiger partial charge on any atom is -0.359 e. The third-order valence-electron chi connectivity index (χ3n) is 4.58. The molecule has 0 atom stereocenters. The molecule has 2 rings (SSSR count). The van der Waals surface area contributed by atoms with Crippen molar-refractivity contribution < 1.29 is 9.18 Å². The molecule has 26 heavy (non-hydrogen) atoms. The topological polar surface area (TPSA) is 56.7 Å². The van der Waals surface area contributed by atoms with Gasteiger partial charge in [0.2, 0.25) is 5.91 Å². The first-order chi connectivity index (χ1) is 12.1. The van der Waals surface area contributed by atoms with Crippen molar-refractivity contribution in [3.63, 3.8) is 0 Å². The zero-order valence-electron chi connectivity index (χ0n) is 15.6. The maximum Gasteiger partial charge on any atom is 0.220 e.